The number of hydrogen-bond acceptors (Lipinski definition) is 4. The molecule has 19 heavy (non-hydrogen) atoms. The van der Waals surface area contributed by atoms with Gasteiger partial charge in [0.15, 0.2) is 5.69 Å². The van der Waals surface area contributed by atoms with E-state index in [9.17, 15) is 9.18 Å². The highest BCUT2D eigenvalue weighted by Crippen LogP contribution is 2.20. The molecule has 1 aromatic heterocycles. The minimum atomic E-state index is -0.572. The Kier molecular flexibility index (Phi) is 3.91. The lowest BCUT2D eigenvalue weighted by atomic mass is 10.3. The van der Waals surface area contributed by atoms with Crippen LogP contribution in [0.1, 0.15) is 10.5 Å². The van der Waals surface area contributed by atoms with E-state index in [1.54, 1.807) is 13.1 Å². The zero-order chi connectivity index (χ0) is 13.8. The molecule has 2 N–H and O–H groups in total. The molecular weight excluding hydrogens is 271 g/mol. The minimum absolute atomic E-state index is 0.00278. The number of amides is 1. The number of rotatable bonds is 3. The van der Waals surface area contributed by atoms with E-state index >= 15 is 0 Å². The second-order valence-corrected chi connectivity index (χ2v) is 4.07. The van der Waals surface area contributed by atoms with E-state index in [1.807, 2.05) is 0 Å². The quantitative estimate of drug-likeness (QED) is 0.907. The van der Waals surface area contributed by atoms with Crippen molar-refractivity contribution in [1.82, 2.24) is 10.2 Å². The summed E-state index contributed by atoms with van der Waals surface area (Å²) in [7, 11) is 1.69. The van der Waals surface area contributed by atoms with Gasteiger partial charge in [-0.3, -0.25) is 4.79 Å². The molecule has 0 fully saturated rings. The van der Waals surface area contributed by atoms with E-state index in [0.29, 0.717) is 10.8 Å². The Morgan fingerprint density at radius 3 is 2.68 bits per heavy atom. The smallest absolute Gasteiger partial charge is 0.276 e. The van der Waals surface area contributed by atoms with Crippen LogP contribution in [0.4, 0.5) is 15.9 Å². The number of nitrogens with zero attached hydrogens (tertiary/aromatic N) is 2. The monoisotopic (exact) mass is 280 g/mol. The highest BCUT2D eigenvalue weighted by molar-refractivity contribution is 6.31. The molecule has 0 saturated heterocycles. The largest absolute Gasteiger partial charge is 0.372 e. The first-order valence-electron chi connectivity index (χ1n) is 5.38. The second-order valence-electron chi connectivity index (χ2n) is 3.63. The van der Waals surface area contributed by atoms with Crippen LogP contribution < -0.4 is 10.6 Å². The number of hydrogen-bond donors (Lipinski definition) is 2. The number of carbonyl (C=O) groups excluding carboxylic acids is 1. The van der Waals surface area contributed by atoms with Crippen molar-refractivity contribution < 1.29 is 9.18 Å². The molecule has 0 saturated carbocycles. The first-order valence-corrected chi connectivity index (χ1v) is 5.76. The van der Waals surface area contributed by atoms with E-state index < -0.39 is 11.7 Å². The Morgan fingerprint density at radius 1 is 1.26 bits per heavy atom. The van der Waals surface area contributed by atoms with E-state index in [4.69, 9.17) is 11.6 Å². The third kappa shape index (κ3) is 3.17. The summed E-state index contributed by atoms with van der Waals surface area (Å²) in [6.45, 7) is 0. The lowest BCUT2D eigenvalue weighted by Gasteiger charge is -2.06. The summed E-state index contributed by atoms with van der Waals surface area (Å²) in [4.78, 5) is 11.8. The molecule has 0 aliphatic heterocycles. The summed E-state index contributed by atoms with van der Waals surface area (Å²) in [5.74, 6) is -0.598. The van der Waals surface area contributed by atoms with Gasteiger partial charge in [-0.15, -0.1) is 10.2 Å². The number of halogens is 2. The number of benzene rings is 1. The lowest BCUT2D eigenvalue weighted by Crippen LogP contribution is -2.15. The second kappa shape index (κ2) is 5.62. The Labute approximate surface area is 113 Å². The molecule has 2 aromatic rings. The van der Waals surface area contributed by atoms with Gasteiger partial charge in [0, 0.05) is 12.1 Å². The molecule has 1 amide bonds. The summed E-state index contributed by atoms with van der Waals surface area (Å²) >= 11 is 5.73. The van der Waals surface area contributed by atoms with Gasteiger partial charge in [-0.1, -0.05) is 11.6 Å². The van der Waals surface area contributed by atoms with Crippen molar-refractivity contribution in [3.63, 3.8) is 0 Å². The van der Waals surface area contributed by atoms with Gasteiger partial charge < -0.3 is 10.6 Å². The standard InChI is InChI=1S/C12H10ClFN4O/c1-15-11-5-4-9(17-18-11)12(19)16-10-6-7(13)2-3-8(10)14/h2-6H,1H3,(H,15,18)(H,16,19). The number of nitrogens with one attached hydrogen (secondary N) is 2. The molecule has 0 aliphatic rings. The molecule has 0 aliphatic carbocycles. The molecule has 5 nitrogen and oxygen atoms in total. The number of anilines is 2. The molecule has 98 valence electrons. The maximum atomic E-state index is 13.4. The van der Waals surface area contributed by atoms with Crippen LogP contribution in [0.25, 0.3) is 0 Å². The van der Waals surface area contributed by atoms with Crippen LogP contribution in [0.5, 0.6) is 0 Å². The van der Waals surface area contributed by atoms with Gasteiger partial charge in [-0.05, 0) is 30.3 Å². The van der Waals surface area contributed by atoms with E-state index in [1.165, 1.54) is 24.3 Å². The molecule has 0 bridgehead atoms. The van der Waals surface area contributed by atoms with Gasteiger partial charge in [0.1, 0.15) is 11.6 Å². The summed E-state index contributed by atoms with van der Waals surface area (Å²) in [5, 5.41) is 13.0. The fraction of sp³-hybridized carbons (Fsp3) is 0.0833. The van der Waals surface area contributed by atoms with Crippen molar-refractivity contribution in [3.05, 3.63) is 46.9 Å². The SMILES string of the molecule is CNc1ccc(C(=O)Nc2cc(Cl)ccc2F)nn1. The van der Waals surface area contributed by atoms with Crippen LogP contribution in [0, 0.1) is 5.82 Å². The normalized spacial score (nSPS) is 10.1. The highest BCUT2D eigenvalue weighted by atomic mass is 35.5. The molecule has 2 rings (SSSR count). The summed E-state index contributed by atoms with van der Waals surface area (Å²) < 4.78 is 13.4. The molecule has 1 aromatic carbocycles. The molecular formula is C12H10ClFN4O. The summed E-state index contributed by atoms with van der Waals surface area (Å²) in [5.41, 5.74) is 0.0790. The van der Waals surface area contributed by atoms with E-state index in [2.05, 4.69) is 20.8 Å². The Hall–Kier alpha value is -2.21. The van der Waals surface area contributed by atoms with Crippen molar-refractivity contribution in [2.24, 2.45) is 0 Å². The maximum absolute atomic E-state index is 13.4. The van der Waals surface area contributed by atoms with Gasteiger partial charge in [-0.2, -0.15) is 0 Å². The molecule has 0 spiro atoms. The van der Waals surface area contributed by atoms with Gasteiger partial charge in [0.2, 0.25) is 0 Å². The molecule has 0 radical (unpaired) electrons. The van der Waals surface area contributed by atoms with Crippen molar-refractivity contribution in [2.75, 3.05) is 17.7 Å². The highest BCUT2D eigenvalue weighted by Gasteiger charge is 2.11. The van der Waals surface area contributed by atoms with Crippen molar-refractivity contribution in [3.8, 4) is 0 Å². The summed E-state index contributed by atoms with van der Waals surface area (Å²) in [6, 6.07) is 6.97. The third-order valence-electron chi connectivity index (χ3n) is 2.33. The van der Waals surface area contributed by atoms with Gasteiger partial charge in [0.05, 0.1) is 5.69 Å². The van der Waals surface area contributed by atoms with Gasteiger partial charge in [0.25, 0.3) is 5.91 Å². The lowest BCUT2D eigenvalue weighted by molar-refractivity contribution is 0.102. The topological polar surface area (TPSA) is 66.9 Å². The van der Waals surface area contributed by atoms with Crippen LogP contribution >= 0.6 is 11.6 Å². The Bertz CT molecular complexity index is 603. The van der Waals surface area contributed by atoms with Crippen LogP contribution in [-0.4, -0.2) is 23.2 Å². The Morgan fingerprint density at radius 2 is 2.05 bits per heavy atom. The molecule has 7 heteroatoms. The molecule has 1 heterocycles. The van der Waals surface area contributed by atoms with Crippen molar-refractivity contribution in [1.29, 1.82) is 0 Å². The van der Waals surface area contributed by atoms with Crippen LogP contribution in [-0.2, 0) is 0 Å². The average Bonchev–Trinajstić information content (AvgIpc) is 2.43. The third-order valence-corrected chi connectivity index (χ3v) is 2.57. The Balaban J connectivity index is 2.18. The zero-order valence-electron chi connectivity index (χ0n) is 9.95. The van der Waals surface area contributed by atoms with E-state index in [0.717, 1.165) is 0 Å². The predicted molar refractivity (Wildman–Crippen MR) is 70.9 cm³/mol. The summed E-state index contributed by atoms with van der Waals surface area (Å²) in [6.07, 6.45) is 0. The fourth-order valence-electron chi connectivity index (χ4n) is 1.37. The maximum Gasteiger partial charge on any atom is 0.276 e. The predicted octanol–water partition coefficient (Wildman–Crippen LogP) is 2.56. The van der Waals surface area contributed by atoms with Crippen molar-refractivity contribution in [2.45, 2.75) is 0 Å². The van der Waals surface area contributed by atoms with Gasteiger partial charge >= 0.3 is 0 Å². The van der Waals surface area contributed by atoms with Crippen LogP contribution in [0.3, 0.4) is 0 Å². The molecule has 0 atom stereocenters. The average molecular weight is 281 g/mol. The zero-order valence-corrected chi connectivity index (χ0v) is 10.7. The number of aromatic nitrogens is 2. The minimum Gasteiger partial charge on any atom is -0.372 e. The van der Waals surface area contributed by atoms with Crippen molar-refractivity contribution >= 4 is 29.0 Å². The van der Waals surface area contributed by atoms with Gasteiger partial charge in [-0.25, -0.2) is 4.39 Å². The first-order chi connectivity index (χ1) is 9.10. The van der Waals surface area contributed by atoms with Crippen LogP contribution in [0.2, 0.25) is 5.02 Å². The molecule has 0 unspecified atom stereocenters. The number of carbonyl (C=O) groups is 1. The van der Waals surface area contributed by atoms with Crippen LogP contribution in [0.15, 0.2) is 30.3 Å². The fourth-order valence-corrected chi connectivity index (χ4v) is 1.54. The van der Waals surface area contributed by atoms with E-state index in [-0.39, 0.29) is 11.4 Å². The first kappa shape index (κ1) is 13.2.